The van der Waals surface area contributed by atoms with Gasteiger partial charge in [-0.2, -0.15) is 0 Å². The number of nitrogens with zero attached hydrogens (tertiary/aromatic N) is 1. The highest BCUT2D eigenvalue weighted by Crippen LogP contribution is 2.46. The minimum absolute atomic E-state index is 0.265. The van der Waals surface area contributed by atoms with Crippen molar-refractivity contribution in [2.45, 2.75) is 77.0 Å². The maximum Gasteiger partial charge on any atom is 0.329 e. The summed E-state index contributed by atoms with van der Waals surface area (Å²) < 4.78 is 38.9. The molecule has 0 saturated heterocycles. The van der Waals surface area contributed by atoms with Gasteiger partial charge in [0.1, 0.15) is 11.5 Å². The van der Waals surface area contributed by atoms with Gasteiger partial charge in [0.15, 0.2) is 5.54 Å². The molecule has 0 aliphatic heterocycles. The molecule has 0 bridgehead atoms. The molecule has 2 amide bonds. The fourth-order valence-corrected chi connectivity index (χ4v) is 4.91. The van der Waals surface area contributed by atoms with Gasteiger partial charge in [0.25, 0.3) is 5.92 Å². The molecule has 39 heavy (non-hydrogen) atoms. The van der Waals surface area contributed by atoms with Gasteiger partial charge in [-0.05, 0) is 63.3 Å². The van der Waals surface area contributed by atoms with E-state index in [4.69, 9.17) is 9.47 Å². The summed E-state index contributed by atoms with van der Waals surface area (Å²) in [6, 6.07) is 12.0. The zero-order chi connectivity index (χ0) is 28.6. The summed E-state index contributed by atoms with van der Waals surface area (Å²) in [5.74, 6) is -3.80. The molecule has 0 radical (unpaired) electrons. The normalized spacial score (nSPS) is 16.1. The number of aliphatic carboxylic acids is 1. The van der Waals surface area contributed by atoms with Gasteiger partial charge in [-0.15, -0.1) is 0 Å². The van der Waals surface area contributed by atoms with E-state index in [0.717, 1.165) is 18.4 Å². The van der Waals surface area contributed by atoms with Crippen molar-refractivity contribution in [1.29, 1.82) is 0 Å². The van der Waals surface area contributed by atoms with E-state index in [9.17, 15) is 28.6 Å². The molecule has 1 fully saturated rings. The fraction of sp³-hybridized carbons (Fsp3) is 0.517. The number of alkyl halides is 2. The summed E-state index contributed by atoms with van der Waals surface area (Å²) in [7, 11) is 0. The Hall–Kier alpha value is -3.40. The number of ether oxygens (including phenoxy) is 2. The fourth-order valence-electron chi connectivity index (χ4n) is 4.91. The number of urea groups is 1. The zero-order valence-corrected chi connectivity index (χ0v) is 22.7. The Bertz CT molecular complexity index is 1090. The van der Waals surface area contributed by atoms with Crippen molar-refractivity contribution in [3.05, 3.63) is 59.2 Å². The molecule has 0 aromatic heterocycles. The molecule has 8 nitrogen and oxygen atoms in total. The number of rotatable bonds is 14. The summed E-state index contributed by atoms with van der Waals surface area (Å²) in [4.78, 5) is 26.8. The van der Waals surface area contributed by atoms with Crippen molar-refractivity contribution in [2.24, 2.45) is 0 Å². The third kappa shape index (κ3) is 7.38. The second kappa shape index (κ2) is 13.1. The molecule has 214 valence electrons. The third-order valence-corrected chi connectivity index (χ3v) is 6.99. The lowest BCUT2D eigenvalue weighted by molar-refractivity contribution is -0.175. The molecule has 2 aromatic rings. The standard InChI is InChI=1S/C29H38F2N2O6/c1-4-38-24-15-22(16-25(39-5-2)23(24)17-34)20(3)33(14-10-9-13-21-11-7-6-8-12-21)27(37)32-28(26(35)36)18-29(30,31)19-28/h6-8,11-12,15-16,20,34H,4-5,9-10,13-14,17-19H2,1-3H3,(H,32,37)(H,35,36). The first-order chi connectivity index (χ1) is 18.6. The SMILES string of the molecule is CCOc1cc(C(C)N(CCCCc2ccccc2)C(=O)NC2(C(=O)O)CC(F)(F)C2)cc(OCC)c1CO. The number of aliphatic hydroxyl groups is 1. The van der Waals surface area contributed by atoms with Crippen LogP contribution < -0.4 is 14.8 Å². The summed E-state index contributed by atoms with van der Waals surface area (Å²) in [5.41, 5.74) is 0.261. The maximum atomic E-state index is 13.7. The van der Waals surface area contributed by atoms with Crippen molar-refractivity contribution in [2.75, 3.05) is 19.8 Å². The van der Waals surface area contributed by atoms with Crippen molar-refractivity contribution >= 4 is 12.0 Å². The largest absolute Gasteiger partial charge is 0.493 e. The van der Waals surface area contributed by atoms with E-state index < -0.39 is 42.3 Å². The number of aliphatic hydroxyl groups excluding tert-OH is 1. The molecule has 1 aliphatic carbocycles. The number of carboxylic acid groups (broad SMARTS) is 1. The monoisotopic (exact) mass is 548 g/mol. The van der Waals surface area contributed by atoms with E-state index >= 15 is 0 Å². The molecule has 1 saturated carbocycles. The van der Waals surface area contributed by atoms with E-state index in [1.165, 1.54) is 4.90 Å². The molecule has 1 unspecified atom stereocenters. The highest BCUT2D eigenvalue weighted by molar-refractivity contribution is 5.88. The number of aryl methyl sites for hydroxylation is 1. The summed E-state index contributed by atoms with van der Waals surface area (Å²) in [6.07, 6.45) is 0.260. The molecule has 0 spiro atoms. The van der Waals surface area contributed by atoms with Gasteiger partial charge in [0, 0.05) is 19.4 Å². The maximum absolute atomic E-state index is 13.7. The van der Waals surface area contributed by atoms with Gasteiger partial charge in [-0.1, -0.05) is 30.3 Å². The van der Waals surface area contributed by atoms with Crippen LogP contribution in [0.4, 0.5) is 13.6 Å². The number of carbonyl (C=O) groups is 2. The first-order valence-electron chi connectivity index (χ1n) is 13.3. The number of carboxylic acids is 1. The Morgan fingerprint density at radius 2 is 1.64 bits per heavy atom. The topological polar surface area (TPSA) is 108 Å². The van der Waals surface area contributed by atoms with Crippen LogP contribution in [0.15, 0.2) is 42.5 Å². The minimum atomic E-state index is -3.14. The smallest absolute Gasteiger partial charge is 0.329 e. The van der Waals surface area contributed by atoms with Crippen molar-refractivity contribution < 1.29 is 38.1 Å². The number of amides is 2. The van der Waals surface area contributed by atoms with Crippen LogP contribution in [-0.2, 0) is 17.8 Å². The number of carbonyl (C=O) groups excluding carboxylic acids is 1. The van der Waals surface area contributed by atoms with Crippen molar-refractivity contribution in [3.8, 4) is 11.5 Å². The Morgan fingerprint density at radius 1 is 1.05 bits per heavy atom. The quantitative estimate of drug-likeness (QED) is 0.276. The van der Waals surface area contributed by atoms with Gasteiger partial charge in [0.2, 0.25) is 0 Å². The molecule has 2 aromatic carbocycles. The summed E-state index contributed by atoms with van der Waals surface area (Å²) in [6.45, 7) is 6.04. The Labute approximate surface area is 227 Å². The Morgan fingerprint density at radius 3 is 2.13 bits per heavy atom. The second-order valence-electron chi connectivity index (χ2n) is 9.86. The Kier molecular flexibility index (Phi) is 10.1. The number of benzene rings is 2. The number of nitrogens with one attached hydrogen (secondary N) is 1. The van der Waals surface area contributed by atoms with Crippen LogP contribution in [0.2, 0.25) is 0 Å². The first-order valence-corrected chi connectivity index (χ1v) is 13.3. The average molecular weight is 549 g/mol. The van der Waals surface area contributed by atoms with Crippen LogP contribution in [0, 0.1) is 0 Å². The van der Waals surface area contributed by atoms with Crippen molar-refractivity contribution in [1.82, 2.24) is 10.2 Å². The van der Waals surface area contributed by atoms with Crippen LogP contribution >= 0.6 is 0 Å². The molecule has 10 heteroatoms. The molecule has 0 heterocycles. The van der Waals surface area contributed by atoms with Gasteiger partial charge in [0.05, 0.1) is 31.4 Å². The van der Waals surface area contributed by atoms with Crippen molar-refractivity contribution in [3.63, 3.8) is 0 Å². The third-order valence-electron chi connectivity index (χ3n) is 6.99. The van der Waals surface area contributed by atoms with Crippen LogP contribution in [0.5, 0.6) is 11.5 Å². The minimum Gasteiger partial charge on any atom is -0.493 e. The van der Waals surface area contributed by atoms with E-state index in [0.29, 0.717) is 42.3 Å². The number of hydrogen-bond acceptors (Lipinski definition) is 5. The molecule has 1 aliphatic rings. The van der Waals surface area contributed by atoms with Crippen LogP contribution in [0.3, 0.4) is 0 Å². The highest BCUT2D eigenvalue weighted by Gasteiger charge is 2.62. The van der Waals surface area contributed by atoms with Gasteiger partial charge >= 0.3 is 12.0 Å². The lowest BCUT2D eigenvalue weighted by Gasteiger charge is -2.45. The average Bonchev–Trinajstić information content (AvgIpc) is 2.87. The molecule has 1 atom stereocenters. The molecule has 3 rings (SSSR count). The first kappa shape index (κ1) is 30.1. The second-order valence-corrected chi connectivity index (χ2v) is 9.86. The van der Waals surface area contributed by atoms with E-state index in [1.54, 1.807) is 19.1 Å². The number of halogens is 2. The number of unbranched alkanes of at least 4 members (excludes halogenated alkanes) is 1. The summed E-state index contributed by atoms with van der Waals surface area (Å²) in [5, 5.41) is 22.0. The van der Waals surface area contributed by atoms with Gasteiger partial charge < -0.3 is 29.9 Å². The highest BCUT2D eigenvalue weighted by atomic mass is 19.3. The number of hydrogen-bond donors (Lipinski definition) is 3. The van der Waals surface area contributed by atoms with Crippen LogP contribution in [0.25, 0.3) is 0 Å². The van der Waals surface area contributed by atoms with Gasteiger partial charge in [-0.3, -0.25) is 0 Å². The lowest BCUT2D eigenvalue weighted by Crippen LogP contribution is -2.68. The molecular formula is C29H38F2N2O6. The molecule has 3 N–H and O–H groups in total. The lowest BCUT2D eigenvalue weighted by atomic mass is 9.73. The Balaban J connectivity index is 1.88. The van der Waals surface area contributed by atoms with Crippen LogP contribution in [0.1, 0.15) is 69.2 Å². The zero-order valence-electron chi connectivity index (χ0n) is 22.7. The predicted molar refractivity (Wildman–Crippen MR) is 142 cm³/mol. The summed E-state index contributed by atoms with van der Waals surface area (Å²) >= 11 is 0. The molecular weight excluding hydrogens is 510 g/mol. The van der Waals surface area contributed by atoms with E-state index in [-0.39, 0.29) is 13.2 Å². The van der Waals surface area contributed by atoms with E-state index in [1.807, 2.05) is 44.2 Å². The van der Waals surface area contributed by atoms with E-state index in [2.05, 4.69) is 5.32 Å². The predicted octanol–water partition coefficient (Wildman–Crippen LogP) is 5.32. The van der Waals surface area contributed by atoms with Gasteiger partial charge in [-0.25, -0.2) is 18.4 Å². The van der Waals surface area contributed by atoms with Crippen LogP contribution in [-0.4, -0.2) is 58.3 Å².